The SMILES string of the molecule is COc1cc(C=C2SC(=O)N(Cc3ccc([N+](=O)[O-])cc3)C2=O)cc(OC)c1O. The fraction of sp³-hybridized carbons (Fsp3) is 0.158. The van der Waals surface area contributed by atoms with E-state index in [1.165, 1.54) is 56.7 Å². The van der Waals surface area contributed by atoms with Crippen LogP contribution in [0.25, 0.3) is 6.08 Å². The van der Waals surface area contributed by atoms with Crippen molar-refractivity contribution in [3.8, 4) is 17.2 Å². The number of methoxy groups -OCH3 is 2. The lowest BCUT2D eigenvalue weighted by atomic mass is 10.1. The second-order valence-electron chi connectivity index (χ2n) is 5.97. The quantitative estimate of drug-likeness (QED) is 0.431. The molecule has 2 aromatic rings. The van der Waals surface area contributed by atoms with Crippen molar-refractivity contribution in [3.05, 3.63) is 62.5 Å². The number of nitro groups is 1. The van der Waals surface area contributed by atoms with Gasteiger partial charge in [0, 0.05) is 12.1 Å². The van der Waals surface area contributed by atoms with Gasteiger partial charge in [0.05, 0.1) is 30.6 Å². The number of nitro benzene ring substituents is 1. The summed E-state index contributed by atoms with van der Waals surface area (Å²) in [5.41, 5.74) is 1.03. The summed E-state index contributed by atoms with van der Waals surface area (Å²) in [6.07, 6.45) is 1.51. The van der Waals surface area contributed by atoms with Crippen LogP contribution in [0.5, 0.6) is 17.2 Å². The number of carbonyl (C=O) groups is 2. The number of phenolic OH excluding ortho intramolecular Hbond substituents is 1. The number of nitrogens with zero attached hydrogens (tertiary/aromatic N) is 2. The van der Waals surface area contributed by atoms with Gasteiger partial charge in [-0.3, -0.25) is 24.6 Å². The Hall–Kier alpha value is -3.53. The molecule has 2 aromatic carbocycles. The standard InChI is InChI=1S/C19H16N2O7S/c1-27-14-7-12(8-15(28-2)17(14)22)9-16-18(23)20(19(24)29-16)10-11-3-5-13(6-4-11)21(25)26/h3-9,22H,10H2,1-2H3. The molecular formula is C19H16N2O7S. The number of non-ortho nitro benzene ring substituents is 1. The number of thioether (sulfide) groups is 1. The normalized spacial score (nSPS) is 15.1. The first-order chi connectivity index (χ1) is 13.8. The Kier molecular flexibility index (Phi) is 5.74. The summed E-state index contributed by atoms with van der Waals surface area (Å²) in [6.45, 7) is 0.00220. The highest BCUT2D eigenvalue weighted by Gasteiger charge is 2.35. The molecule has 1 saturated heterocycles. The summed E-state index contributed by atoms with van der Waals surface area (Å²) in [7, 11) is 2.77. The maximum atomic E-state index is 12.7. The maximum absolute atomic E-state index is 12.7. The van der Waals surface area contributed by atoms with Crippen molar-refractivity contribution >= 4 is 34.7 Å². The van der Waals surface area contributed by atoms with E-state index in [1.54, 1.807) is 0 Å². The molecule has 0 saturated carbocycles. The minimum absolute atomic E-state index is 0.00220. The molecule has 9 nitrogen and oxygen atoms in total. The van der Waals surface area contributed by atoms with Crippen molar-refractivity contribution in [3.63, 3.8) is 0 Å². The Morgan fingerprint density at radius 3 is 2.24 bits per heavy atom. The Bertz CT molecular complexity index is 993. The number of carbonyl (C=O) groups excluding carboxylic acids is 2. The number of hydrogen-bond acceptors (Lipinski definition) is 8. The third-order valence-corrected chi connectivity index (χ3v) is 5.07. The molecule has 0 aliphatic carbocycles. The van der Waals surface area contributed by atoms with Gasteiger partial charge in [-0.25, -0.2) is 0 Å². The third-order valence-electron chi connectivity index (χ3n) is 4.16. The van der Waals surface area contributed by atoms with Crippen molar-refractivity contribution in [2.45, 2.75) is 6.54 Å². The molecule has 0 bridgehead atoms. The van der Waals surface area contributed by atoms with Gasteiger partial charge in [0.2, 0.25) is 5.75 Å². The smallest absolute Gasteiger partial charge is 0.293 e. The molecule has 0 unspecified atom stereocenters. The Labute approximate surface area is 169 Å². The molecule has 0 atom stereocenters. The molecule has 0 spiro atoms. The van der Waals surface area contributed by atoms with E-state index in [0.29, 0.717) is 11.1 Å². The zero-order valence-corrected chi connectivity index (χ0v) is 16.3. The van der Waals surface area contributed by atoms with Gasteiger partial charge in [-0.2, -0.15) is 0 Å². The van der Waals surface area contributed by atoms with Gasteiger partial charge in [0.1, 0.15) is 0 Å². The number of benzene rings is 2. The highest BCUT2D eigenvalue weighted by Crippen LogP contribution is 2.39. The van der Waals surface area contributed by atoms with Crippen LogP contribution in [-0.4, -0.2) is 40.3 Å². The zero-order chi connectivity index (χ0) is 21.1. The molecule has 1 aliphatic rings. The zero-order valence-electron chi connectivity index (χ0n) is 15.4. The summed E-state index contributed by atoms with van der Waals surface area (Å²) in [6, 6.07) is 8.67. The molecule has 2 amide bonds. The largest absolute Gasteiger partial charge is 0.502 e. The maximum Gasteiger partial charge on any atom is 0.293 e. The molecule has 3 rings (SSSR count). The molecule has 1 N–H and O–H groups in total. The number of hydrogen-bond donors (Lipinski definition) is 1. The minimum atomic E-state index is -0.521. The van der Waals surface area contributed by atoms with Crippen LogP contribution in [0.4, 0.5) is 10.5 Å². The predicted molar refractivity (Wildman–Crippen MR) is 106 cm³/mol. The van der Waals surface area contributed by atoms with Crippen LogP contribution >= 0.6 is 11.8 Å². The van der Waals surface area contributed by atoms with Crippen LogP contribution in [0.2, 0.25) is 0 Å². The molecule has 150 valence electrons. The summed E-state index contributed by atoms with van der Waals surface area (Å²) in [5.74, 6) is -0.316. The summed E-state index contributed by atoms with van der Waals surface area (Å²) in [5, 5.41) is 20.3. The number of aromatic hydroxyl groups is 1. The lowest BCUT2D eigenvalue weighted by molar-refractivity contribution is -0.384. The van der Waals surface area contributed by atoms with Crippen LogP contribution in [0.1, 0.15) is 11.1 Å². The fourth-order valence-electron chi connectivity index (χ4n) is 2.69. The van der Waals surface area contributed by atoms with E-state index in [9.17, 15) is 24.8 Å². The van der Waals surface area contributed by atoms with E-state index in [4.69, 9.17) is 9.47 Å². The van der Waals surface area contributed by atoms with Crippen LogP contribution < -0.4 is 9.47 Å². The molecule has 0 radical (unpaired) electrons. The van der Waals surface area contributed by atoms with E-state index in [2.05, 4.69) is 0 Å². The van der Waals surface area contributed by atoms with Gasteiger partial charge in [-0.15, -0.1) is 0 Å². The van der Waals surface area contributed by atoms with Gasteiger partial charge in [-0.1, -0.05) is 12.1 Å². The third kappa shape index (κ3) is 4.16. The molecule has 29 heavy (non-hydrogen) atoms. The molecule has 0 aromatic heterocycles. The van der Waals surface area contributed by atoms with Crippen molar-refractivity contribution in [1.29, 1.82) is 0 Å². The summed E-state index contributed by atoms with van der Waals surface area (Å²) < 4.78 is 10.2. The molecule has 1 aliphatic heterocycles. The van der Waals surface area contributed by atoms with Crippen molar-refractivity contribution in [2.24, 2.45) is 0 Å². The van der Waals surface area contributed by atoms with Crippen LogP contribution in [-0.2, 0) is 11.3 Å². The van der Waals surface area contributed by atoms with Crippen LogP contribution in [0.15, 0.2) is 41.3 Å². The van der Waals surface area contributed by atoms with E-state index in [-0.39, 0.29) is 34.4 Å². The van der Waals surface area contributed by atoms with Crippen molar-refractivity contribution in [2.75, 3.05) is 14.2 Å². The summed E-state index contributed by atoms with van der Waals surface area (Å²) >= 11 is 0.781. The van der Waals surface area contributed by atoms with Crippen molar-refractivity contribution < 1.29 is 29.1 Å². The first kappa shape index (κ1) is 20.2. The number of phenols is 1. The van der Waals surface area contributed by atoms with Crippen LogP contribution in [0.3, 0.4) is 0 Å². The Balaban J connectivity index is 1.84. The molecule has 1 fully saturated rings. The van der Waals surface area contributed by atoms with Crippen LogP contribution in [0, 0.1) is 10.1 Å². The van der Waals surface area contributed by atoms with Gasteiger partial charge < -0.3 is 14.6 Å². The van der Waals surface area contributed by atoms with E-state index in [1.807, 2.05) is 0 Å². The number of amides is 2. The van der Waals surface area contributed by atoms with Gasteiger partial charge in [0.25, 0.3) is 16.8 Å². The lowest BCUT2D eigenvalue weighted by Gasteiger charge is -2.12. The second kappa shape index (κ2) is 8.23. The van der Waals surface area contributed by atoms with Gasteiger partial charge in [-0.05, 0) is 41.1 Å². The molecule has 1 heterocycles. The highest BCUT2D eigenvalue weighted by atomic mass is 32.2. The van der Waals surface area contributed by atoms with E-state index in [0.717, 1.165) is 16.7 Å². The average Bonchev–Trinajstić information content (AvgIpc) is 2.96. The number of imide groups is 1. The molecule has 10 heteroatoms. The Morgan fingerprint density at radius 2 is 1.72 bits per heavy atom. The predicted octanol–water partition coefficient (Wildman–Crippen LogP) is 3.55. The molecular weight excluding hydrogens is 400 g/mol. The summed E-state index contributed by atoms with van der Waals surface area (Å²) in [4.78, 5) is 36.4. The number of ether oxygens (including phenoxy) is 2. The minimum Gasteiger partial charge on any atom is -0.502 e. The van der Waals surface area contributed by atoms with E-state index < -0.39 is 16.1 Å². The van der Waals surface area contributed by atoms with Gasteiger partial charge in [0.15, 0.2) is 11.5 Å². The Morgan fingerprint density at radius 1 is 1.14 bits per heavy atom. The monoisotopic (exact) mass is 416 g/mol. The highest BCUT2D eigenvalue weighted by molar-refractivity contribution is 8.18. The first-order valence-corrected chi connectivity index (χ1v) is 9.09. The fourth-order valence-corrected chi connectivity index (χ4v) is 3.53. The topological polar surface area (TPSA) is 119 Å². The lowest BCUT2D eigenvalue weighted by Crippen LogP contribution is -2.27. The first-order valence-electron chi connectivity index (χ1n) is 8.27. The second-order valence-corrected chi connectivity index (χ2v) is 6.96. The van der Waals surface area contributed by atoms with E-state index >= 15 is 0 Å². The number of rotatable bonds is 6. The van der Waals surface area contributed by atoms with Crippen molar-refractivity contribution in [1.82, 2.24) is 4.90 Å². The average molecular weight is 416 g/mol. The van der Waals surface area contributed by atoms with Gasteiger partial charge >= 0.3 is 0 Å².